The monoisotopic (exact) mass is 309 g/mol. The van der Waals surface area contributed by atoms with Crippen molar-refractivity contribution in [2.75, 3.05) is 5.32 Å². The Labute approximate surface area is 131 Å². The van der Waals surface area contributed by atoms with Crippen LogP contribution in [0.4, 0.5) is 5.69 Å². The van der Waals surface area contributed by atoms with Gasteiger partial charge in [0.2, 0.25) is 5.91 Å². The third-order valence-electron chi connectivity index (χ3n) is 3.41. The maximum Gasteiger partial charge on any atom is 0.270 e. The number of amides is 1. The number of benzene rings is 2. The highest BCUT2D eigenvalue weighted by molar-refractivity contribution is 5.90. The van der Waals surface area contributed by atoms with Crippen LogP contribution in [-0.2, 0) is 11.2 Å². The maximum atomic E-state index is 12.0. The van der Waals surface area contributed by atoms with E-state index in [2.05, 4.69) is 15.3 Å². The fourth-order valence-electron chi connectivity index (χ4n) is 2.24. The minimum absolute atomic E-state index is 0.134. The molecule has 1 heterocycles. The standard InChI is InChI=1S/C17H15N3O3/c21-12-7-5-11(6-8-12)18-16(22)10-9-15-17(23)20-14-4-2-1-3-13(14)19-15/h1-8,21H,9-10H2,(H,18,22)(H,20,23). The van der Waals surface area contributed by atoms with Gasteiger partial charge < -0.3 is 15.4 Å². The highest BCUT2D eigenvalue weighted by Gasteiger charge is 2.08. The number of aromatic hydroxyl groups is 1. The summed E-state index contributed by atoms with van der Waals surface area (Å²) in [7, 11) is 0. The summed E-state index contributed by atoms with van der Waals surface area (Å²) in [5.41, 5.74) is 2.02. The molecular formula is C17H15N3O3. The number of nitrogens with zero attached hydrogens (tertiary/aromatic N) is 1. The Morgan fingerprint density at radius 2 is 1.87 bits per heavy atom. The molecule has 1 aromatic heterocycles. The molecule has 0 atom stereocenters. The van der Waals surface area contributed by atoms with Gasteiger partial charge in [-0.3, -0.25) is 9.59 Å². The zero-order valence-electron chi connectivity index (χ0n) is 12.2. The van der Waals surface area contributed by atoms with E-state index in [0.717, 1.165) is 0 Å². The van der Waals surface area contributed by atoms with E-state index in [1.807, 2.05) is 18.2 Å². The fraction of sp³-hybridized carbons (Fsp3) is 0.118. The number of carbonyl (C=O) groups excluding carboxylic acids is 1. The summed E-state index contributed by atoms with van der Waals surface area (Å²) in [6.45, 7) is 0. The molecule has 23 heavy (non-hydrogen) atoms. The predicted octanol–water partition coefficient (Wildman–Crippen LogP) is 2.20. The molecule has 0 aliphatic rings. The zero-order chi connectivity index (χ0) is 16.2. The number of carbonyl (C=O) groups is 1. The van der Waals surface area contributed by atoms with Gasteiger partial charge in [-0.05, 0) is 36.4 Å². The number of H-pyrrole nitrogens is 1. The number of aromatic nitrogens is 2. The van der Waals surface area contributed by atoms with E-state index in [4.69, 9.17) is 0 Å². The molecule has 0 saturated heterocycles. The van der Waals surface area contributed by atoms with Crippen LogP contribution in [0.3, 0.4) is 0 Å². The first kappa shape index (κ1) is 14.8. The number of anilines is 1. The van der Waals surface area contributed by atoms with Gasteiger partial charge in [0, 0.05) is 18.5 Å². The number of aromatic amines is 1. The third-order valence-corrected chi connectivity index (χ3v) is 3.41. The lowest BCUT2D eigenvalue weighted by atomic mass is 10.2. The van der Waals surface area contributed by atoms with Crippen LogP contribution in [0.15, 0.2) is 53.3 Å². The fourth-order valence-corrected chi connectivity index (χ4v) is 2.24. The van der Waals surface area contributed by atoms with Crippen molar-refractivity contribution in [3.05, 3.63) is 64.6 Å². The molecule has 0 bridgehead atoms. The van der Waals surface area contributed by atoms with Gasteiger partial charge in [0.05, 0.1) is 11.0 Å². The summed E-state index contributed by atoms with van der Waals surface area (Å²) in [6.07, 6.45) is 0.402. The third kappa shape index (κ3) is 3.55. The van der Waals surface area contributed by atoms with Crippen molar-refractivity contribution in [3.8, 4) is 5.75 Å². The summed E-state index contributed by atoms with van der Waals surface area (Å²) in [5, 5.41) is 11.9. The number of phenolic OH excluding ortho intramolecular Hbond substituents is 1. The number of phenols is 1. The van der Waals surface area contributed by atoms with Crippen molar-refractivity contribution in [1.82, 2.24) is 9.97 Å². The Morgan fingerprint density at radius 1 is 1.13 bits per heavy atom. The number of hydrogen-bond donors (Lipinski definition) is 3. The first-order chi connectivity index (χ1) is 11.1. The smallest absolute Gasteiger partial charge is 0.270 e. The summed E-state index contributed by atoms with van der Waals surface area (Å²) in [4.78, 5) is 31.0. The van der Waals surface area contributed by atoms with Crippen LogP contribution >= 0.6 is 0 Å². The van der Waals surface area contributed by atoms with Gasteiger partial charge in [-0.1, -0.05) is 12.1 Å². The Balaban J connectivity index is 1.68. The van der Waals surface area contributed by atoms with Crippen molar-refractivity contribution in [1.29, 1.82) is 0 Å². The van der Waals surface area contributed by atoms with Crippen molar-refractivity contribution in [2.24, 2.45) is 0 Å². The Kier molecular flexibility index (Phi) is 4.05. The van der Waals surface area contributed by atoms with Crippen LogP contribution in [0, 0.1) is 0 Å². The number of hydrogen-bond acceptors (Lipinski definition) is 4. The highest BCUT2D eigenvalue weighted by Crippen LogP contribution is 2.14. The van der Waals surface area contributed by atoms with E-state index < -0.39 is 0 Å². The van der Waals surface area contributed by atoms with E-state index in [1.165, 1.54) is 12.1 Å². The second kappa shape index (κ2) is 6.31. The van der Waals surface area contributed by atoms with Gasteiger partial charge in [-0.15, -0.1) is 0 Å². The maximum absolute atomic E-state index is 12.0. The molecule has 6 nitrogen and oxygen atoms in total. The second-order valence-electron chi connectivity index (χ2n) is 5.12. The summed E-state index contributed by atoms with van der Waals surface area (Å²) >= 11 is 0. The number of rotatable bonds is 4. The normalized spacial score (nSPS) is 10.6. The van der Waals surface area contributed by atoms with Gasteiger partial charge in [0.15, 0.2) is 0 Å². The number of para-hydroxylation sites is 2. The molecular weight excluding hydrogens is 294 g/mol. The summed E-state index contributed by atoms with van der Waals surface area (Å²) < 4.78 is 0. The average Bonchev–Trinajstić information content (AvgIpc) is 2.55. The van der Waals surface area contributed by atoms with Gasteiger partial charge in [0.25, 0.3) is 5.56 Å². The molecule has 0 fully saturated rings. The van der Waals surface area contributed by atoms with Gasteiger partial charge in [0.1, 0.15) is 11.4 Å². The molecule has 6 heteroatoms. The molecule has 0 spiro atoms. The van der Waals surface area contributed by atoms with E-state index in [0.29, 0.717) is 22.4 Å². The Hall–Kier alpha value is -3.15. The number of nitrogens with one attached hydrogen (secondary N) is 2. The minimum atomic E-state index is -0.277. The molecule has 0 saturated carbocycles. The first-order valence-electron chi connectivity index (χ1n) is 7.18. The van der Waals surface area contributed by atoms with Crippen molar-refractivity contribution < 1.29 is 9.90 Å². The van der Waals surface area contributed by atoms with Crippen LogP contribution in [-0.4, -0.2) is 21.0 Å². The molecule has 1 amide bonds. The van der Waals surface area contributed by atoms with Gasteiger partial charge in [-0.25, -0.2) is 4.98 Å². The molecule has 116 valence electrons. The van der Waals surface area contributed by atoms with E-state index in [1.54, 1.807) is 18.2 Å². The lowest BCUT2D eigenvalue weighted by molar-refractivity contribution is -0.116. The van der Waals surface area contributed by atoms with E-state index in [9.17, 15) is 14.7 Å². The quantitative estimate of drug-likeness (QED) is 0.644. The number of fused-ring (bicyclic) bond motifs is 1. The minimum Gasteiger partial charge on any atom is -0.508 e. The summed E-state index contributed by atoms with van der Waals surface area (Å²) in [5.74, 6) is -0.0834. The van der Waals surface area contributed by atoms with Crippen LogP contribution in [0.5, 0.6) is 5.75 Å². The predicted molar refractivity (Wildman–Crippen MR) is 87.4 cm³/mol. The molecule has 3 rings (SSSR count). The van der Waals surface area contributed by atoms with Crippen LogP contribution in [0.25, 0.3) is 11.0 Å². The van der Waals surface area contributed by atoms with Crippen LogP contribution in [0.2, 0.25) is 0 Å². The van der Waals surface area contributed by atoms with Gasteiger partial charge in [-0.2, -0.15) is 0 Å². The zero-order valence-corrected chi connectivity index (χ0v) is 12.2. The largest absolute Gasteiger partial charge is 0.508 e. The first-order valence-corrected chi connectivity index (χ1v) is 7.18. The second-order valence-corrected chi connectivity index (χ2v) is 5.12. The van der Waals surface area contributed by atoms with Crippen molar-refractivity contribution in [3.63, 3.8) is 0 Å². The van der Waals surface area contributed by atoms with Crippen LogP contribution < -0.4 is 10.9 Å². The summed E-state index contributed by atoms with van der Waals surface area (Å²) in [6, 6.07) is 13.5. The van der Waals surface area contributed by atoms with E-state index in [-0.39, 0.29) is 30.1 Å². The van der Waals surface area contributed by atoms with Crippen molar-refractivity contribution >= 4 is 22.6 Å². The lowest BCUT2D eigenvalue weighted by Crippen LogP contribution is -2.18. The molecule has 0 aliphatic carbocycles. The Morgan fingerprint density at radius 3 is 2.65 bits per heavy atom. The Bertz CT molecular complexity index is 901. The topological polar surface area (TPSA) is 95.1 Å². The van der Waals surface area contributed by atoms with E-state index >= 15 is 0 Å². The average molecular weight is 309 g/mol. The molecule has 2 aromatic carbocycles. The molecule has 0 unspecified atom stereocenters. The van der Waals surface area contributed by atoms with Crippen LogP contribution in [0.1, 0.15) is 12.1 Å². The number of aryl methyl sites for hydroxylation is 1. The molecule has 3 aromatic rings. The molecule has 3 N–H and O–H groups in total. The van der Waals surface area contributed by atoms with Gasteiger partial charge >= 0.3 is 0 Å². The molecule has 0 aliphatic heterocycles. The highest BCUT2D eigenvalue weighted by atomic mass is 16.3. The lowest BCUT2D eigenvalue weighted by Gasteiger charge is -2.05. The molecule has 0 radical (unpaired) electrons. The SMILES string of the molecule is O=C(CCc1nc2ccccc2[nH]c1=O)Nc1ccc(O)cc1. The van der Waals surface area contributed by atoms with Crippen molar-refractivity contribution in [2.45, 2.75) is 12.8 Å².